The molecule has 1 aromatic rings. The van der Waals surface area contributed by atoms with Crippen LogP contribution < -0.4 is 10.6 Å². The molecule has 3 heteroatoms. The third-order valence-corrected chi connectivity index (χ3v) is 3.57. The first-order valence-electron chi connectivity index (χ1n) is 6.84. The highest BCUT2D eigenvalue weighted by Crippen LogP contribution is 2.28. The molecule has 0 radical (unpaired) electrons. The summed E-state index contributed by atoms with van der Waals surface area (Å²) >= 11 is 0. The van der Waals surface area contributed by atoms with E-state index < -0.39 is 0 Å². The van der Waals surface area contributed by atoms with Crippen LogP contribution in [0.1, 0.15) is 36.8 Å². The summed E-state index contributed by atoms with van der Waals surface area (Å²) < 4.78 is 0. The lowest BCUT2D eigenvalue weighted by molar-refractivity contribution is 0.649. The van der Waals surface area contributed by atoms with Gasteiger partial charge in [0.25, 0.3) is 0 Å². The second-order valence-corrected chi connectivity index (χ2v) is 5.21. The Bertz CT molecular complexity index is 426. The number of hydrogen-bond donors (Lipinski definition) is 2. The van der Waals surface area contributed by atoms with Crippen LogP contribution in [-0.4, -0.2) is 18.9 Å². The number of nitrogens with two attached hydrogens (primary N) is 1. The molecule has 1 aromatic carbocycles. The molecule has 3 nitrogen and oxygen atoms in total. The maximum absolute atomic E-state index is 7.22. The average molecular weight is 245 g/mol. The number of anilines is 1. The lowest BCUT2D eigenvalue weighted by Crippen LogP contribution is -2.30. The molecule has 0 fully saturated rings. The minimum absolute atomic E-state index is 0.310. The van der Waals surface area contributed by atoms with E-state index >= 15 is 0 Å². The van der Waals surface area contributed by atoms with E-state index in [0.29, 0.717) is 5.84 Å². The molecule has 3 N–H and O–H groups in total. The fraction of sp³-hybridized carbons (Fsp3) is 0.533. The van der Waals surface area contributed by atoms with Crippen molar-refractivity contribution in [1.29, 1.82) is 5.41 Å². The van der Waals surface area contributed by atoms with Gasteiger partial charge in [-0.2, -0.15) is 0 Å². The van der Waals surface area contributed by atoms with E-state index in [-0.39, 0.29) is 0 Å². The highest BCUT2D eigenvalue weighted by molar-refractivity contribution is 5.76. The van der Waals surface area contributed by atoms with Gasteiger partial charge in [-0.15, -0.1) is 0 Å². The van der Waals surface area contributed by atoms with Crippen LogP contribution in [0.3, 0.4) is 0 Å². The first kappa shape index (κ1) is 12.9. The quantitative estimate of drug-likeness (QED) is 0.476. The third-order valence-electron chi connectivity index (χ3n) is 3.57. The van der Waals surface area contributed by atoms with Gasteiger partial charge in [0, 0.05) is 25.2 Å². The second kappa shape index (κ2) is 5.89. The zero-order valence-electron chi connectivity index (χ0n) is 11.2. The lowest BCUT2D eigenvalue weighted by atomic mass is 9.99. The number of unbranched alkanes of at least 4 members (excludes halogenated alkanes) is 1. The standard InChI is InChI=1S/C15H23N3/c1-12-7-8-14-13(11-12)5-4-10-18(14)9-3-2-6-15(16)17/h7-8,11H,2-6,9-10H2,1H3,(H3,16,17). The van der Waals surface area contributed by atoms with Crippen molar-refractivity contribution in [3.8, 4) is 0 Å². The number of nitrogens with zero attached hydrogens (tertiary/aromatic N) is 1. The first-order chi connectivity index (χ1) is 8.66. The van der Waals surface area contributed by atoms with Crippen molar-refractivity contribution in [3.05, 3.63) is 29.3 Å². The van der Waals surface area contributed by atoms with Crippen molar-refractivity contribution in [2.75, 3.05) is 18.0 Å². The molecule has 0 amide bonds. The Hall–Kier alpha value is -1.51. The molecule has 0 aromatic heterocycles. The summed E-state index contributed by atoms with van der Waals surface area (Å²) in [4.78, 5) is 2.48. The van der Waals surface area contributed by atoms with Gasteiger partial charge in [0.2, 0.25) is 0 Å². The smallest absolute Gasteiger partial charge is 0.0905 e. The number of amidine groups is 1. The topological polar surface area (TPSA) is 53.1 Å². The molecule has 0 saturated heterocycles. The van der Waals surface area contributed by atoms with Crippen LogP contribution in [0.15, 0.2) is 18.2 Å². The average Bonchev–Trinajstić information content (AvgIpc) is 2.34. The SMILES string of the molecule is Cc1ccc2c(c1)CCCN2CCCCC(=N)N. The largest absolute Gasteiger partial charge is 0.388 e. The summed E-state index contributed by atoms with van der Waals surface area (Å²) in [6, 6.07) is 6.78. The van der Waals surface area contributed by atoms with E-state index in [4.69, 9.17) is 11.1 Å². The van der Waals surface area contributed by atoms with Crippen molar-refractivity contribution in [3.63, 3.8) is 0 Å². The van der Waals surface area contributed by atoms with Gasteiger partial charge in [-0.3, -0.25) is 5.41 Å². The molecule has 0 atom stereocenters. The number of benzene rings is 1. The van der Waals surface area contributed by atoms with Crippen molar-refractivity contribution < 1.29 is 0 Å². The summed E-state index contributed by atoms with van der Waals surface area (Å²) in [6.45, 7) is 4.41. The molecule has 2 rings (SSSR count). The van der Waals surface area contributed by atoms with Gasteiger partial charge in [0.05, 0.1) is 5.84 Å². The van der Waals surface area contributed by atoms with Crippen molar-refractivity contribution in [1.82, 2.24) is 0 Å². The summed E-state index contributed by atoms with van der Waals surface area (Å²) in [5.74, 6) is 0.310. The Kier molecular flexibility index (Phi) is 4.24. The van der Waals surface area contributed by atoms with Gasteiger partial charge in [-0.05, 0) is 44.2 Å². The summed E-state index contributed by atoms with van der Waals surface area (Å²) in [6.07, 6.45) is 5.33. The molecular weight excluding hydrogens is 222 g/mol. The number of fused-ring (bicyclic) bond motifs is 1. The summed E-state index contributed by atoms with van der Waals surface area (Å²) in [5.41, 5.74) is 9.63. The van der Waals surface area contributed by atoms with E-state index in [1.54, 1.807) is 0 Å². The van der Waals surface area contributed by atoms with Crippen LogP contribution in [0, 0.1) is 12.3 Å². The van der Waals surface area contributed by atoms with Gasteiger partial charge in [-0.1, -0.05) is 17.7 Å². The zero-order chi connectivity index (χ0) is 13.0. The lowest BCUT2D eigenvalue weighted by Gasteiger charge is -2.31. The normalized spacial score (nSPS) is 14.4. The van der Waals surface area contributed by atoms with Gasteiger partial charge in [-0.25, -0.2) is 0 Å². The Morgan fingerprint density at radius 1 is 1.39 bits per heavy atom. The first-order valence-corrected chi connectivity index (χ1v) is 6.84. The fourth-order valence-electron chi connectivity index (χ4n) is 2.65. The predicted molar refractivity (Wildman–Crippen MR) is 77.5 cm³/mol. The van der Waals surface area contributed by atoms with Crippen molar-refractivity contribution >= 4 is 11.5 Å². The molecule has 98 valence electrons. The predicted octanol–water partition coefficient (Wildman–Crippen LogP) is 2.85. The van der Waals surface area contributed by atoms with Gasteiger partial charge in [0.15, 0.2) is 0 Å². The number of rotatable bonds is 5. The Balaban J connectivity index is 1.93. The minimum Gasteiger partial charge on any atom is -0.388 e. The van der Waals surface area contributed by atoms with E-state index in [9.17, 15) is 0 Å². The summed E-state index contributed by atoms with van der Waals surface area (Å²) in [7, 11) is 0. The monoisotopic (exact) mass is 245 g/mol. The molecule has 0 aliphatic carbocycles. The highest BCUT2D eigenvalue weighted by Gasteiger charge is 2.15. The Morgan fingerprint density at radius 3 is 3.00 bits per heavy atom. The molecule has 0 bridgehead atoms. The van der Waals surface area contributed by atoms with Gasteiger partial charge >= 0.3 is 0 Å². The molecule has 1 aliphatic heterocycles. The van der Waals surface area contributed by atoms with Crippen LogP contribution in [0.25, 0.3) is 0 Å². The fourth-order valence-corrected chi connectivity index (χ4v) is 2.65. The van der Waals surface area contributed by atoms with Crippen LogP contribution >= 0.6 is 0 Å². The van der Waals surface area contributed by atoms with Gasteiger partial charge in [0.1, 0.15) is 0 Å². The minimum atomic E-state index is 0.310. The molecule has 0 spiro atoms. The number of aryl methyl sites for hydroxylation is 2. The maximum Gasteiger partial charge on any atom is 0.0905 e. The van der Waals surface area contributed by atoms with Crippen LogP contribution in [-0.2, 0) is 6.42 Å². The molecular formula is C15H23N3. The molecule has 1 heterocycles. The van der Waals surface area contributed by atoms with Gasteiger partial charge < -0.3 is 10.6 Å². The third kappa shape index (κ3) is 3.25. The zero-order valence-corrected chi connectivity index (χ0v) is 11.2. The number of hydrogen-bond acceptors (Lipinski definition) is 2. The number of nitrogens with one attached hydrogen (secondary N) is 1. The van der Waals surface area contributed by atoms with Crippen LogP contribution in [0.2, 0.25) is 0 Å². The highest BCUT2D eigenvalue weighted by atomic mass is 15.1. The van der Waals surface area contributed by atoms with Crippen LogP contribution in [0.4, 0.5) is 5.69 Å². The summed E-state index contributed by atoms with van der Waals surface area (Å²) in [5, 5.41) is 7.22. The van der Waals surface area contributed by atoms with Crippen molar-refractivity contribution in [2.45, 2.75) is 39.0 Å². The maximum atomic E-state index is 7.22. The van der Waals surface area contributed by atoms with E-state index in [1.807, 2.05) is 0 Å². The van der Waals surface area contributed by atoms with Crippen molar-refractivity contribution in [2.24, 2.45) is 5.73 Å². The Morgan fingerprint density at radius 2 is 2.22 bits per heavy atom. The Labute approximate surface area is 109 Å². The van der Waals surface area contributed by atoms with Crippen LogP contribution in [0.5, 0.6) is 0 Å². The second-order valence-electron chi connectivity index (χ2n) is 5.21. The van der Waals surface area contributed by atoms with E-state index in [2.05, 4.69) is 30.0 Å². The molecule has 0 unspecified atom stereocenters. The molecule has 0 saturated carbocycles. The molecule has 1 aliphatic rings. The van der Waals surface area contributed by atoms with E-state index in [1.165, 1.54) is 29.7 Å². The molecule has 18 heavy (non-hydrogen) atoms. The van der Waals surface area contributed by atoms with E-state index in [0.717, 1.165) is 32.4 Å².